The first-order chi connectivity index (χ1) is 7.24. The van der Waals surface area contributed by atoms with Crippen LogP contribution < -0.4 is 10.5 Å². The second-order valence-corrected chi connectivity index (χ2v) is 3.13. The lowest BCUT2D eigenvalue weighted by Crippen LogP contribution is -1.90. The molecular formula is C11H10N3O. The fourth-order valence-corrected chi connectivity index (χ4v) is 1.13. The molecule has 0 atom stereocenters. The van der Waals surface area contributed by atoms with E-state index in [-0.39, 0.29) is 0 Å². The second-order valence-electron chi connectivity index (χ2n) is 3.13. The van der Waals surface area contributed by atoms with Gasteiger partial charge >= 0.3 is 0 Å². The largest absolute Gasteiger partial charge is 0.437 e. The van der Waals surface area contributed by atoms with Crippen LogP contribution in [0.3, 0.4) is 0 Å². The van der Waals surface area contributed by atoms with E-state index in [2.05, 4.69) is 9.97 Å². The summed E-state index contributed by atoms with van der Waals surface area (Å²) in [6, 6.07) is 6.79. The summed E-state index contributed by atoms with van der Waals surface area (Å²) in [7, 11) is 0. The predicted octanol–water partition coefficient (Wildman–Crippen LogP) is 2.49. The van der Waals surface area contributed by atoms with Gasteiger partial charge < -0.3 is 10.5 Å². The summed E-state index contributed by atoms with van der Waals surface area (Å²) in [4.78, 5) is 8.13. The van der Waals surface area contributed by atoms with E-state index in [1.807, 2.05) is 6.92 Å². The third kappa shape index (κ3) is 2.43. The van der Waals surface area contributed by atoms with Crippen LogP contribution >= 0.6 is 0 Å². The summed E-state index contributed by atoms with van der Waals surface area (Å²) in [6.45, 7) is 1.85. The van der Waals surface area contributed by atoms with Gasteiger partial charge in [0, 0.05) is 6.20 Å². The van der Waals surface area contributed by atoms with Gasteiger partial charge in [0.15, 0.2) is 0 Å². The summed E-state index contributed by atoms with van der Waals surface area (Å²) in [5.41, 5.74) is 8.59. The number of ether oxygens (including phenoxy) is 1. The van der Waals surface area contributed by atoms with E-state index in [1.165, 1.54) is 0 Å². The van der Waals surface area contributed by atoms with E-state index in [9.17, 15) is 0 Å². The molecule has 0 amide bonds. The van der Waals surface area contributed by atoms with Gasteiger partial charge in [0.25, 0.3) is 0 Å². The highest BCUT2D eigenvalue weighted by molar-refractivity contribution is 5.39. The molecule has 1 N–H and O–H groups in total. The molecule has 0 spiro atoms. The molecule has 0 aliphatic carbocycles. The molecule has 2 rings (SSSR count). The van der Waals surface area contributed by atoms with Crippen LogP contribution in [0.4, 0.5) is 5.69 Å². The summed E-state index contributed by atoms with van der Waals surface area (Å²) >= 11 is 0. The van der Waals surface area contributed by atoms with Crippen LogP contribution in [0.5, 0.6) is 11.6 Å². The minimum absolute atomic E-state index is 0.456. The Labute approximate surface area is 87.7 Å². The van der Waals surface area contributed by atoms with Crippen molar-refractivity contribution in [2.45, 2.75) is 6.92 Å². The Bertz CT molecular complexity index is 454. The van der Waals surface area contributed by atoms with E-state index >= 15 is 0 Å². The zero-order valence-corrected chi connectivity index (χ0v) is 8.27. The molecule has 1 aromatic heterocycles. The number of nitrogens with one attached hydrogen (secondary N) is 1. The summed E-state index contributed by atoms with van der Waals surface area (Å²) in [5.74, 6) is 1.12. The average molecular weight is 200 g/mol. The van der Waals surface area contributed by atoms with Gasteiger partial charge in [-0.15, -0.1) is 0 Å². The third-order valence-corrected chi connectivity index (χ3v) is 1.81. The molecule has 0 aliphatic heterocycles. The molecular weight excluding hydrogens is 190 g/mol. The molecule has 1 radical (unpaired) electrons. The first-order valence-electron chi connectivity index (χ1n) is 4.52. The van der Waals surface area contributed by atoms with Gasteiger partial charge in [0.1, 0.15) is 5.75 Å². The van der Waals surface area contributed by atoms with Crippen LogP contribution in [-0.2, 0) is 0 Å². The second kappa shape index (κ2) is 3.96. The van der Waals surface area contributed by atoms with Crippen molar-refractivity contribution in [1.82, 2.24) is 15.7 Å². The molecule has 0 aliphatic rings. The first kappa shape index (κ1) is 9.45. The van der Waals surface area contributed by atoms with Gasteiger partial charge in [0.2, 0.25) is 5.88 Å². The van der Waals surface area contributed by atoms with Crippen molar-refractivity contribution in [3.63, 3.8) is 0 Å². The number of hydrogen-bond donors (Lipinski definition) is 0. The maximum absolute atomic E-state index is 7.32. The fourth-order valence-electron chi connectivity index (χ4n) is 1.13. The molecule has 0 fully saturated rings. The average Bonchev–Trinajstić information content (AvgIpc) is 2.22. The number of nitrogens with zero attached hydrogens (tertiary/aromatic N) is 2. The topological polar surface area (TPSA) is 58.8 Å². The molecule has 15 heavy (non-hydrogen) atoms. The molecule has 75 valence electrons. The van der Waals surface area contributed by atoms with Crippen molar-refractivity contribution in [2.24, 2.45) is 0 Å². The van der Waals surface area contributed by atoms with E-state index in [0.29, 0.717) is 17.3 Å². The van der Waals surface area contributed by atoms with Gasteiger partial charge in [-0.1, -0.05) is 0 Å². The zero-order chi connectivity index (χ0) is 10.7. The van der Waals surface area contributed by atoms with Gasteiger partial charge in [-0.3, -0.25) is 4.98 Å². The lowest BCUT2D eigenvalue weighted by molar-refractivity contribution is 0.458. The van der Waals surface area contributed by atoms with Crippen LogP contribution in [-0.4, -0.2) is 9.97 Å². The lowest BCUT2D eigenvalue weighted by Gasteiger charge is -2.04. The Balaban J connectivity index is 2.18. The Hall–Kier alpha value is -2.10. The maximum Gasteiger partial charge on any atom is 0.238 e. The highest BCUT2D eigenvalue weighted by Crippen LogP contribution is 2.20. The molecule has 4 heteroatoms. The van der Waals surface area contributed by atoms with Crippen LogP contribution in [0.25, 0.3) is 0 Å². The maximum atomic E-state index is 7.32. The van der Waals surface area contributed by atoms with Crippen LogP contribution in [0.1, 0.15) is 5.69 Å². The quantitative estimate of drug-likeness (QED) is 0.748. The number of aryl methyl sites for hydroxylation is 1. The normalized spacial score (nSPS) is 9.93. The molecule has 2 aromatic rings. The number of rotatable bonds is 2. The smallest absolute Gasteiger partial charge is 0.238 e. The van der Waals surface area contributed by atoms with Crippen molar-refractivity contribution in [1.29, 1.82) is 0 Å². The van der Waals surface area contributed by atoms with Crippen LogP contribution in [0.15, 0.2) is 36.7 Å². The molecule has 1 heterocycles. The van der Waals surface area contributed by atoms with Crippen LogP contribution in [0, 0.1) is 6.92 Å². The Kier molecular flexibility index (Phi) is 2.49. The van der Waals surface area contributed by atoms with E-state index < -0.39 is 0 Å². The van der Waals surface area contributed by atoms with Crippen LogP contribution in [0.2, 0.25) is 0 Å². The predicted molar refractivity (Wildman–Crippen MR) is 56.0 cm³/mol. The van der Waals surface area contributed by atoms with Gasteiger partial charge in [-0.2, -0.15) is 0 Å². The Morgan fingerprint density at radius 1 is 1.13 bits per heavy atom. The number of hydrogen-bond acceptors (Lipinski definition) is 3. The van der Waals surface area contributed by atoms with E-state index in [0.717, 1.165) is 5.69 Å². The van der Waals surface area contributed by atoms with Gasteiger partial charge in [0.05, 0.1) is 17.6 Å². The van der Waals surface area contributed by atoms with Crippen molar-refractivity contribution in [3.05, 3.63) is 42.4 Å². The minimum Gasteiger partial charge on any atom is -0.437 e. The van der Waals surface area contributed by atoms with Crippen molar-refractivity contribution < 1.29 is 4.74 Å². The molecule has 0 bridgehead atoms. The van der Waals surface area contributed by atoms with Gasteiger partial charge in [-0.05, 0) is 31.2 Å². The number of aromatic nitrogens is 2. The molecule has 0 saturated heterocycles. The monoisotopic (exact) mass is 200 g/mol. The fraction of sp³-hybridized carbons (Fsp3) is 0.0909. The summed E-state index contributed by atoms with van der Waals surface area (Å²) in [6.07, 6.45) is 3.22. The lowest BCUT2D eigenvalue weighted by atomic mass is 10.3. The zero-order valence-electron chi connectivity index (χ0n) is 8.27. The molecule has 4 nitrogen and oxygen atoms in total. The molecule has 1 aromatic carbocycles. The SMILES string of the molecule is Cc1cncc(Oc2ccc([NH])cc2)n1. The Morgan fingerprint density at radius 2 is 1.87 bits per heavy atom. The third-order valence-electron chi connectivity index (χ3n) is 1.81. The molecule has 0 saturated carbocycles. The minimum atomic E-state index is 0.456. The molecule has 0 unspecified atom stereocenters. The summed E-state index contributed by atoms with van der Waals surface area (Å²) in [5, 5.41) is 0. The van der Waals surface area contributed by atoms with Gasteiger partial charge in [-0.25, -0.2) is 4.98 Å². The highest BCUT2D eigenvalue weighted by Gasteiger charge is 1.98. The summed E-state index contributed by atoms with van der Waals surface area (Å²) < 4.78 is 5.46. The number of benzene rings is 1. The van der Waals surface area contributed by atoms with Crippen molar-refractivity contribution in [3.8, 4) is 11.6 Å². The first-order valence-corrected chi connectivity index (χ1v) is 4.52. The Morgan fingerprint density at radius 3 is 2.53 bits per heavy atom. The standard InChI is InChI=1S/C11H10N3O/c1-8-6-13-7-11(14-8)15-10-4-2-9(12)3-5-10/h2-7,12H,1H3. The van der Waals surface area contributed by atoms with Crippen molar-refractivity contribution in [2.75, 3.05) is 0 Å². The highest BCUT2D eigenvalue weighted by atomic mass is 16.5. The van der Waals surface area contributed by atoms with E-state index in [1.54, 1.807) is 36.7 Å². The van der Waals surface area contributed by atoms with E-state index in [4.69, 9.17) is 10.5 Å². The van der Waals surface area contributed by atoms with Crippen molar-refractivity contribution >= 4 is 5.69 Å².